The van der Waals surface area contributed by atoms with Gasteiger partial charge in [0.25, 0.3) is 5.91 Å². The number of benzene rings is 2. The fourth-order valence-corrected chi connectivity index (χ4v) is 2.53. The van der Waals surface area contributed by atoms with Crippen molar-refractivity contribution in [2.45, 2.75) is 12.5 Å². The van der Waals surface area contributed by atoms with Gasteiger partial charge in [0, 0.05) is 11.6 Å². The fourth-order valence-electron chi connectivity index (χ4n) is 2.53. The maximum Gasteiger partial charge on any atom is 0.315 e. The number of aliphatic imine (C=N–C) groups is 1. The molecule has 1 N–H and O–H groups in total. The minimum atomic E-state index is -1.55. The van der Waals surface area contributed by atoms with Crippen LogP contribution < -0.4 is 5.43 Å². The lowest BCUT2D eigenvalue weighted by molar-refractivity contribution is -0.130. The van der Waals surface area contributed by atoms with Crippen molar-refractivity contribution in [2.24, 2.45) is 4.99 Å². The number of carbonyl (C=O) groups excluding carboxylic acids is 1. The number of amides is 1. The summed E-state index contributed by atoms with van der Waals surface area (Å²) in [6.07, 6.45) is 0. The van der Waals surface area contributed by atoms with E-state index in [-0.39, 0.29) is 11.6 Å². The molecule has 124 valence electrons. The van der Waals surface area contributed by atoms with E-state index in [9.17, 15) is 13.6 Å². The van der Waals surface area contributed by atoms with Crippen LogP contribution in [0.15, 0.2) is 53.5 Å². The number of hydrogen-bond acceptors (Lipinski definition) is 4. The molecule has 1 aliphatic heterocycles. The summed E-state index contributed by atoms with van der Waals surface area (Å²) in [7, 11) is 1.36. The lowest BCUT2D eigenvalue weighted by Crippen LogP contribution is -2.43. The molecule has 2 aromatic carbocycles. The molecule has 7 heteroatoms. The van der Waals surface area contributed by atoms with Gasteiger partial charge in [-0.05, 0) is 25.1 Å². The number of carbonyl (C=O) groups is 1. The molecule has 3 rings (SSSR count). The van der Waals surface area contributed by atoms with Crippen LogP contribution in [0.25, 0.3) is 0 Å². The molecule has 0 aromatic heterocycles. The lowest BCUT2D eigenvalue weighted by Gasteiger charge is -2.23. The van der Waals surface area contributed by atoms with Crippen molar-refractivity contribution in [1.82, 2.24) is 5.01 Å². The number of nitrogens with one attached hydrogen (secondary N) is 1. The monoisotopic (exact) mass is 331 g/mol. The van der Waals surface area contributed by atoms with Crippen LogP contribution >= 0.6 is 0 Å². The van der Waals surface area contributed by atoms with Crippen LogP contribution in [-0.4, -0.2) is 24.0 Å². The summed E-state index contributed by atoms with van der Waals surface area (Å²) in [6.45, 7) is 1.46. The zero-order valence-corrected chi connectivity index (χ0v) is 13.1. The van der Waals surface area contributed by atoms with E-state index >= 15 is 0 Å². The molecule has 1 heterocycles. The SMILES string of the molecule is COC1=NC(C)(c2ccc(F)cc2F)C(=O)N1Nc1ccccc1. The smallest absolute Gasteiger partial charge is 0.315 e. The zero-order chi connectivity index (χ0) is 17.3. The Morgan fingerprint density at radius 1 is 1.17 bits per heavy atom. The molecular weight excluding hydrogens is 316 g/mol. The van der Waals surface area contributed by atoms with Crippen molar-refractivity contribution in [3.63, 3.8) is 0 Å². The second kappa shape index (κ2) is 5.92. The third kappa shape index (κ3) is 2.58. The molecule has 2 aromatic rings. The van der Waals surface area contributed by atoms with Gasteiger partial charge in [0.2, 0.25) is 0 Å². The molecule has 5 nitrogen and oxygen atoms in total. The first kappa shape index (κ1) is 15.9. The highest BCUT2D eigenvalue weighted by Gasteiger charge is 2.49. The largest absolute Gasteiger partial charge is 0.467 e. The molecule has 1 unspecified atom stereocenters. The highest BCUT2D eigenvalue weighted by Crippen LogP contribution is 2.35. The fraction of sp³-hybridized carbons (Fsp3) is 0.176. The maximum atomic E-state index is 14.2. The molecule has 1 amide bonds. The van der Waals surface area contributed by atoms with Crippen LogP contribution in [-0.2, 0) is 15.1 Å². The molecule has 1 atom stereocenters. The molecule has 0 spiro atoms. The second-order valence-corrected chi connectivity index (χ2v) is 5.41. The van der Waals surface area contributed by atoms with Gasteiger partial charge in [-0.1, -0.05) is 24.3 Å². The molecule has 0 bridgehead atoms. The summed E-state index contributed by atoms with van der Waals surface area (Å²) in [5.41, 5.74) is 1.94. The molecule has 24 heavy (non-hydrogen) atoms. The third-order valence-electron chi connectivity index (χ3n) is 3.78. The Labute approximate surface area is 137 Å². The lowest BCUT2D eigenvalue weighted by atomic mass is 9.92. The Kier molecular flexibility index (Phi) is 3.92. The highest BCUT2D eigenvalue weighted by molar-refractivity contribution is 6.06. The molecular formula is C17H15F2N3O2. The van der Waals surface area contributed by atoms with Crippen molar-refractivity contribution in [3.8, 4) is 0 Å². The number of anilines is 1. The van der Waals surface area contributed by atoms with E-state index in [1.54, 1.807) is 24.3 Å². The van der Waals surface area contributed by atoms with Gasteiger partial charge < -0.3 is 4.74 Å². The van der Waals surface area contributed by atoms with E-state index in [0.717, 1.165) is 17.1 Å². The van der Waals surface area contributed by atoms with E-state index < -0.39 is 23.1 Å². The number of hydrogen-bond donors (Lipinski definition) is 1. The van der Waals surface area contributed by atoms with Crippen molar-refractivity contribution >= 4 is 17.6 Å². The van der Waals surface area contributed by atoms with Gasteiger partial charge in [-0.3, -0.25) is 10.2 Å². The topological polar surface area (TPSA) is 53.9 Å². The van der Waals surface area contributed by atoms with Gasteiger partial charge in [0.15, 0.2) is 5.54 Å². The van der Waals surface area contributed by atoms with E-state index in [0.29, 0.717) is 5.69 Å². The van der Waals surface area contributed by atoms with Gasteiger partial charge >= 0.3 is 6.02 Å². The minimum Gasteiger partial charge on any atom is -0.467 e. The maximum absolute atomic E-state index is 14.2. The number of para-hydroxylation sites is 1. The number of amidine groups is 1. The minimum absolute atomic E-state index is 0.00456. The Hall–Kier alpha value is -2.96. The number of rotatable bonds is 3. The number of ether oxygens (including phenoxy) is 1. The molecule has 0 saturated heterocycles. The Morgan fingerprint density at radius 2 is 1.88 bits per heavy atom. The van der Waals surface area contributed by atoms with Crippen LogP contribution in [0.5, 0.6) is 0 Å². The number of halogens is 2. The van der Waals surface area contributed by atoms with Gasteiger partial charge in [-0.15, -0.1) is 0 Å². The molecule has 0 saturated carbocycles. The van der Waals surface area contributed by atoms with E-state index in [4.69, 9.17) is 4.74 Å². The number of hydrazine groups is 1. The average molecular weight is 331 g/mol. The van der Waals surface area contributed by atoms with Crippen LogP contribution in [0.1, 0.15) is 12.5 Å². The van der Waals surface area contributed by atoms with Gasteiger partial charge in [-0.2, -0.15) is 5.01 Å². The quantitative estimate of drug-likeness (QED) is 0.940. The predicted octanol–water partition coefficient (Wildman–Crippen LogP) is 3.05. The summed E-state index contributed by atoms with van der Waals surface area (Å²) >= 11 is 0. The van der Waals surface area contributed by atoms with Crippen LogP contribution in [0.4, 0.5) is 14.5 Å². The summed E-state index contributed by atoms with van der Waals surface area (Å²) < 4.78 is 32.5. The molecule has 0 aliphatic carbocycles. The van der Waals surface area contributed by atoms with Crippen molar-refractivity contribution < 1.29 is 18.3 Å². The summed E-state index contributed by atoms with van der Waals surface area (Å²) in [5, 5.41) is 1.11. The van der Waals surface area contributed by atoms with Gasteiger partial charge in [0.1, 0.15) is 11.6 Å². The molecule has 0 radical (unpaired) electrons. The first-order valence-electron chi connectivity index (χ1n) is 7.21. The Morgan fingerprint density at radius 3 is 2.50 bits per heavy atom. The molecule has 1 aliphatic rings. The van der Waals surface area contributed by atoms with Crippen molar-refractivity contribution in [1.29, 1.82) is 0 Å². The van der Waals surface area contributed by atoms with Crippen LogP contribution in [0.3, 0.4) is 0 Å². The van der Waals surface area contributed by atoms with Gasteiger partial charge in [0.05, 0.1) is 12.8 Å². The Balaban J connectivity index is 1.99. The van der Waals surface area contributed by atoms with Crippen molar-refractivity contribution in [3.05, 3.63) is 65.7 Å². The molecule has 0 fully saturated rings. The van der Waals surface area contributed by atoms with Crippen LogP contribution in [0.2, 0.25) is 0 Å². The van der Waals surface area contributed by atoms with E-state index in [1.165, 1.54) is 20.1 Å². The summed E-state index contributed by atoms with van der Waals surface area (Å²) in [5.74, 6) is -2.10. The number of methoxy groups -OCH3 is 1. The second-order valence-electron chi connectivity index (χ2n) is 5.41. The highest BCUT2D eigenvalue weighted by atomic mass is 19.1. The standard InChI is InChI=1S/C17H15F2N3O2/c1-17(13-9-8-11(18)10-14(13)19)15(23)22(16(20-17)24-2)21-12-6-4-3-5-7-12/h3-10,21H,1-2H3. The normalized spacial score (nSPS) is 20.1. The average Bonchev–Trinajstić information content (AvgIpc) is 2.81. The first-order valence-corrected chi connectivity index (χ1v) is 7.21. The van der Waals surface area contributed by atoms with Crippen LogP contribution in [0, 0.1) is 11.6 Å². The number of nitrogens with zero attached hydrogens (tertiary/aromatic N) is 2. The van der Waals surface area contributed by atoms with E-state index in [2.05, 4.69) is 10.4 Å². The van der Waals surface area contributed by atoms with Crippen molar-refractivity contribution in [2.75, 3.05) is 12.5 Å². The zero-order valence-electron chi connectivity index (χ0n) is 13.1. The predicted molar refractivity (Wildman–Crippen MR) is 85.1 cm³/mol. The summed E-state index contributed by atoms with van der Waals surface area (Å²) in [6, 6.07) is 12.0. The Bertz CT molecular complexity index is 811. The third-order valence-corrected chi connectivity index (χ3v) is 3.78. The first-order chi connectivity index (χ1) is 11.5. The van der Waals surface area contributed by atoms with Gasteiger partial charge in [-0.25, -0.2) is 13.8 Å². The summed E-state index contributed by atoms with van der Waals surface area (Å²) in [4.78, 5) is 17.1. The van der Waals surface area contributed by atoms with E-state index in [1.807, 2.05) is 6.07 Å².